The molecule has 11 heteroatoms. The Morgan fingerprint density at radius 2 is 1.92 bits per heavy atom. The number of hydrogen-bond donors (Lipinski definition) is 3. The van der Waals surface area contributed by atoms with Crippen LogP contribution in [-0.2, 0) is 27.1 Å². The minimum Gasteiger partial charge on any atom is -0.504 e. The molecule has 2 aliphatic heterocycles. The molecule has 4 bridgehead atoms. The Morgan fingerprint density at radius 3 is 2.76 bits per heavy atom. The summed E-state index contributed by atoms with van der Waals surface area (Å²) in [5, 5.41) is 32.6. The predicted octanol–water partition coefficient (Wildman–Crippen LogP) is 7.55. The highest BCUT2D eigenvalue weighted by molar-refractivity contribution is 8.76. The van der Waals surface area contributed by atoms with Gasteiger partial charge in [-0.1, -0.05) is 33.7 Å². The lowest BCUT2D eigenvalue weighted by atomic mass is 9.70. The molecule has 3 aromatic rings. The van der Waals surface area contributed by atoms with Crippen LogP contribution < -0.4 is 9.47 Å². The molecule has 2 aliphatic carbocycles. The first-order valence-corrected chi connectivity index (χ1v) is 19.9. The molecule has 3 N–H and O–H groups in total. The number of phenols is 3. The van der Waals surface area contributed by atoms with Crippen LogP contribution >= 0.6 is 21.6 Å². The molecule has 4 aliphatic rings. The smallest absolute Gasteiger partial charge is 0.302 e. The zero-order valence-electron chi connectivity index (χ0n) is 27.7. The average molecular weight is 708 g/mol. The van der Waals surface area contributed by atoms with Crippen LogP contribution in [0.5, 0.6) is 28.7 Å². The third kappa shape index (κ3) is 8.05. The van der Waals surface area contributed by atoms with Gasteiger partial charge in [0.05, 0.1) is 24.9 Å². The fourth-order valence-corrected chi connectivity index (χ4v) is 11.5. The normalized spacial score (nSPS) is 29.8. The Bertz CT molecular complexity index is 1610. The molecule has 262 valence electrons. The number of aromatic nitrogens is 1. The second-order valence-corrected chi connectivity index (χ2v) is 16.6. The summed E-state index contributed by atoms with van der Waals surface area (Å²) in [7, 11) is 3.92. The van der Waals surface area contributed by atoms with Crippen LogP contribution in [0.15, 0.2) is 54.9 Å². The Balaban J connectivity index is 1.18. The number of hydrogen-bond acceptors (Lipinski definition) is 11. The van der Waals surface area contributed by atoms with Crippen molar-refractivity contribution in [1.29, 1.82) is 0 Å². The summed E-state index contributed by atoms with van der Waals surface area (Å²) in [6.07, 6.45) is 10.4. The molecule has 0 spiro atoms. The summed E-state index contributed by atoms with van der Waals surface area (Å²) in [4.78, 5) is 16.6. The van der Waals surface area contributed by atoms with Crippen LogP contribution in [-0.4, -0.2) is 62.2 Å². The predicted molar refractivity (Wildman–Crippen MR) is 189 cm³/mol. The number of carbonyl (C=O) groups excluding carboxylic acids is 1. The van der Waals surface area contributed by atoms with E-state index in [0.29, 0.717) is 41.7 Å². The Morgan fingerprint density at radius 1 is 1.02 bits per heavy atom. The van der Waals surface area contributed by atoms with Crippen molar-refractivity contribution in [1.82, 2.24) is 4.98 Å². The lowest BCUT2D eigenvalue weighted by Crippen LogP contribution is -2.52. The number of rotatable bonds is 6. The fraction of sp³-hybridized carbons (Fsp3) is 0.526. The Hall–Kier alpha value is -3.28. The van der Waals surface area contributed by atoms with E-state index in [9.17, 15) is 20.1 Å². The minimum absolute atomic E-state index is 0.00986. The van der Waals surface area contributed by atoms with Crippen LogP contribution in [0.25, 0.3) is 0 Å². The number of ether oxygens (including phenoxy) is 4. The molecule has 7 rings (SSSR count). The summed E-state index contributed by atoms with van der Waals surface area (Å²) < 4.78 is 25.5. The van der Waals surface area contributed by atoms with Crippen molar-refractivity contribution in [3.05, 3.63) is 71.5 Å². The van der Waals surface area contributed by atoms with Gasteiger partial charge >= 0.3 is 5.97 Å². The molecular weight excluding hydrogens is 663 g/mol. The second kappa shape index (κ2) is 15.3. The van der Waals surface area contributed by atoms with Gasteiger partial charge in [0.15, 0.2) is 23.0 Å². The number of esters is 1. The van der Waals surface area contributed by atoms with Gasteiger partial charge in [-0.2, -0.15) is 0 Å². The highest BCUT2D eigenvalue weighted by atomic mass is 33.1. The topological polar surface area (TPSA) is 128 Å². The van der Waals surface area contributed by atoms with Gasteiger partial charge in [0.1, 0.15) is 6.10 Å². The number of fused-ring (bicyclic) bond motifs is 7. The van der Waals surface area contributed by atoms with E-state index < -0.39 is 6.10 Å². The summed E-state index contributed by atoms with van der Waals surface area (Å²) in [5.74, 6) is 1.67. The Labute approximate surface area is 295 Å². The molecule has 2 aromatic carbocycles. The van der Waals surface area contributed by atoms with Crippen molar-refractivity contribution in [2.24, 2.45) is 17.8 Å². The van der Waals surface area contributed by atoms with Crippen LogP contribution in [0.2, 0.25) is 0 Å². The van der Waals surface area contributed by atoms with E-state index >= 15 is 0 Å². The molecule has 0 radical (unpaired) electrons. The maximum Gasteiger partial charge on any atom is 0.302 e. The van der Waals surface area contributed by atoms with Gasteiger partial charge in [0, 0.05) is 55.0 Å². The standard InChI is InChI=1S/C38H45NO8S2/c1-22(40)45-33-19-32(26-17-31(42)37(43)35(18-26)44-13-11-23-5-3-12-39-20-23)47-38-28(33)8-10-36-29(38)15-24-7-9-30(41)34(16-24)46-27-6-2-4-25(14-27)21-48-49-36/h3,5,7,9,12,16-18,20,25,27-29,32-33,36,38,41-43H,2,4,6,8,10-11,13-15,19,21H2,1H3/t25-,27-,28-,29+,32-,33+,36-,38-/m0/s1. The van der Waals surface area contributed by atoms with Gasteiger partial charge in [-0.15, -0.1) is 0 Å². The molecular formula is C38H45NO8S2. The first-order chi connectivity index (χ1) is 23.8. The number of benzene rings is 2. The fourth-order valence-electron chi connectivity index (χ4n) is 8.11. The monoisotopic (exact) mass is 707 g/mol. The molecule has 9 nitrogen and oxygen atoms in total. The summed E-state index contributed by atoms with van der Waals surface area (Å²) in [6.45, 7) is 1.73. The lowest BCUT2D eigenvalue weighted by molar-refractivity contribution is -0.191. The van der Waals surface area contributed by atoms with Crippen molar-refractivity contribution in [2.75, 3.05) is 12.4 Å². The second-order valence-electron chi connectivity index (χ2n) is 13.9. The minimum atomic E-state index is -0.503. The van der Waals surface area contributed by atoms with Crippen molar-refractivity contribution in [2.45, 2.75) is 94.4 Å². The van der Waals surface area contributed by atoms with E-state index in [1.165, 1.54) is 19.4 Å². The number of phenolic OH excluding ortho intramolecular Hbond substituents is 3. The van der Waals surface area contributed by atoms with Gasteiger partial charge in [-0.05, 0) is 97.9 Å². The molecule has 1 aromatic heterocycles. The maximum absolute atomic E-state index is 12.4. The molecule has 1 saturated heterocycles. The lowest BCUT2D eigenvalue weighted by Gasteiger charge is -2.50. The summed E-state index contributed by atoms with van der Waals surface area (Å²) in [6, 6.07) is 12.8. The zero-order chi connectivity index (χ0) is 33.9. The van der Waals surface area contributed by atoms with Crippen LogP contribution in [0.1, 0.15) is 74.7 Å². The molecule has 3 fully saturated rings. The third-order valence-electron chi connectivity index (χ3n) is 10.5. The first-order valence-electron chi connectivity index (χ1n) is 17.5. The van der Waals surface area contributed by atoms with E-state index in [4.69, 9.17) is 18.9 Å². The largest absolute Gasteiger partial charge is 0.504 e. The van der Waals surface area contributed by atoms with Crippen molar-refractivity contribution >= 4 is 27.6 Å². The van der Waals surface area contributed by atoms with E-state index in [1.807, 2.05) is 45.9 Å². The van der Waals surface area contributed by atoms with E-state index in [2.05, 4.69) is 4.98 Å². The summed E-state index contributed by atoms with van der Waals surface area (Å²) >= 11 is 0. The highest BCUT2D eigenvalue weighted by Gasteiger charge is 2.49. The van der Waals surface area contributed by atoms with Gasteiger partial charge in [-0.25, -0.2) is 0 Å². The molecule has 2 saturated carbocycles. The molecule has 3 heterocycles. The zero-order valence-corrected chi connectivity index (χ0v) is 29.4. The van der Waals surface area contributed by atoms with Crippen LogP contribution in [0, 0.1) is 17.8 Å². The number of aromatic hydroxyl groups is 3. The van der Waals surface area contributed by atoms with E-state index in [1.54, 1.807) is 24.5 Å². The van der Waals surface area contributed by atoms with Crippen molar-refractivity contribution < 1.29 is 39.1 Å². The van der Waals surface area contributed by atoms with Crippen molar-refractivity contribution in [3.63, 3.8) is 0 Å². The molecule has 8 atom stereocenters. The third-order valence-corrected chi connectivity index (χ3v) is 13.6. The van der Waals surface area contributed by atoms with Crippen LogP contribution in [0.4, 0.5) is 0 Å². The maximum atomic E-state index is 12.4. The van der Waals surface area contributed by atoms with Crippen LogP contribution in [0.3, 0.4) is 0 Å². The summed E-state index contributed by atoms with van der Waals surface area (Å²) in [5.41, 5.74) is 2.73. The Kier molecular flexibility index (Phi) is 10.7. The number of pyridine rings is 1. The number of carbonyl (C=O) groups is 1. The number of nitrogens with zero attached hydrogens (tertiary/aromatic N) is 1. The average Bonchev–Trinajstić information content (AvgIpc) is 3.09. The van der Waals surface area contributed by atoms with Gasteiger partial charge in [-0.3, -0.25) is 9.78 Å². The van der Waals surface area contributed by atoms with Gasteiger partial charge in [0.25, 0.3) is 0 Å². The van der Waals surface area contributed by atoms with Gasteiger partial charge < -0.3 is 34.3 Å². The molecule has 49 heavy (non-hydrogen) atoms. The molecule has 0 amide bonds. The van der Waals surface area contributed by atoms with E-state index in [-0.39, 0.29) is 65.7 Å². The highest BCUT2D eigenvalue weighted by Crippen LogP contribution is 2.52. The SMILES string of the molecule is CC(=O)O[C@@H]1C[C@@H](c2cc(O)c(O)c(OCCc3cccnc3)c2)O[C@H]2[C@H]1CC[C@@H]1SSC[C@H]3CCC[C@@H](C3)Oc3cc(ccc3O)C[C@@H]21. The van der Waals surface area contributed by atoms with E-state index in [0.717, 1.165) is 49.0 Å². The van der Waals surface area contributed by atoms with Gasteiger partial charge in [0.2, 0.25) is 5.75 Å². The first kappa shape index (κ1) is 34.2. The molecule has 0 unspecified atom stereocenters. The van der Waals surface area contributed by atoms with Crippen molar-refractivity contribution in [3.8, 4) is 28.7 Å². The quantitative estimate of drug-likeness (QED) is 0.134.